The van der Waals surface area contributed by atoms with Gasteiger partial charge in [0.2, 0.25) is 0 Å². The summed E-state index contributed by atoms with van der Waals surface area (Å²) < 4.78 is 4.86. The highest BCUT2D eigenvalue weighted by Crippen LogP contribution is 2.32. The molecule has 2 aromatic rings. The lowest BCUT2D eigenvalue weighted by Crippen LogP contribution is -2.29. The topological polar surface area (TPSA) is 138 Å². The second-order valence-corrected chi connectivity index (χ2v) is 5.59. The third-order valence-electron chi connectivity index (χ3n) is 3.84. The zero-order valence-corrected chi connectivity index (χ0v) is 13.8. The summed E-state index contributed by atoms with van der Waals surface area (Å²) >= 11 is 0. The monoisotopic (exact) mass is 369 g/mol. The molecular weight excluding hydrogens is 358 g/mol. The molecule has 0 radical (unpaired) electrons. The van der Waals surface area contributed by atoms with Crippen LogP contribution in [0, 0.1) is 0 Å². The first-order valence-electron chi connectivity index (χ1n) is 7.52. The Labute approximate surface area is 151 Å². The third kappa shape index (κ3) is 3.01. The molecule has 2 N–H and O–H groups in total. The molecule has 0 fully saturated rings. The summed E-state index contributed by atoms with van der Waals surface area (Å²) in [6.45, 7) is 1.08. The number of nitrogens with zero attached hydrogens (tertiary/aromatic N) is 1. The van der Waals surface area contributed by atoms with Crippen molar-refractivity contribution >= 4 is 35.4 Å². The van der Waals surface area contributed by atoms with Crippen LogP contribution in [-0.4, -0.2) is 39.9 Å². The molecule has 0 saturated carbocycles. The van der Waals surface area contributed by atoms with E-state index in [4.69, 9.17) is 14.9 Å². The molecule has 2 amide bonds. The van der Waals surface area contributed by atoms with Gasteiger partial charge in [0.15, 0.2) is 0 Å². The van der Waals surface area contributed by atoms with Crippen molar-refractivity contribution in [2.24, 2.45) is 0 Å². The maximum absolute atomic E-state index is 12.6. The highest BCUT2D eigenvalue weighted by molar-refractivity contribution is 6.34. The molecule has 0 bridgehead atoms. The molecular formula is C18H11NO8. The minimum atomic E-state index is -1.36. The van der Waals surface area contributed by atoms with Gasteiger partial charge < -0.3 is 14.9 Å². The molecule has 2 aromatic carbocycles. The third-order valence-corrected chi connectivity index (χ3v) is 3.84. The standard InChI is InChI=1S/C18H11NO8/c1-8(20)27-14-7-10(3-5-12(14)18(25)26)19-15(21)11-4-2-9(17(23)24)6-13(11)16(19)22/h2-7H,1H3,(H,23,24)(H,25,26). The number of rotatable bonds is 4. The van der Waals surface area contributed by atoms with Crippen LogP contribution in [0.1, 0.15) is 48.4 Å². The lowest BCUT2D eigenvalue weighted by Gasteiger charge is -2.16. The Hall–Kier alpha value is -4.01. The lowest BCUT2D eigenvalue weighted by molar-refractivity contribution is -0.131. The Morgan fingerprint density at radius 2 is 1.56 bits per heavy atom. The van der Waals surface area contributed by atoms with Gasteiger partial charge in [0.05, 0.1) is 22.4 Å². The molecule has 0 spiro atoms. The van der Waals surface area contributed by atoms with Gasteiger partial charge >= 0.3 is 17.9 Å². The largest absolute Gasteiger partial charge is 0.478 e. The van der Waals surface area contributed by atoms with Crippen LogP contribution in [0.25, 0.3) is 0 Å². The summed E-state index contributed by atoms with van der Waals surface area (Å²) in [6.07, 6.45) is 0. The van der Waals surface area contributed by atoms with Gasteiger partial charge in [-0.15, -0.1) is 0 Å². The van der Waals surface area contributed by atoms with E-state index in [2.05, 4.69) is 0 Å². The average Bonchev–Trinajstić information content (AvgIpc) is 2.84. The smallest absolute Gasteiger partial charge is 0.339 e. The number of anilines is 1. The number of fused-ring (bicyclic) bond motifs is 1. The molecule has 9 heteroatoms. The van der Waals surface area contributed by atoms with Crippen molar-refractivity contribution in [2.45, 2.75) is 6.92 Å². The minimum absolute atomic E-state index is 0.0145. The summed E-state index contributed by atoms with van der Waals surface area (Å²) in [6, 6.07) is 6.94. The van der Waals surface area contributed by atoms with Gasteiger partial charge in [0, 0.05) is 13.0 Å². The van der Waals surface area contributed by atoms with Gasteiger partial charge in [-0.2, -0.15) is 0 Å². The number of esters is 1. The van der Waals surface area contributed by atoms with Crippen LogP contribution >= 0.6 is 0 Å². The normalized spacial score (nSPS) is 12.7. The number of hydrogen-bond donors (Lipinski definition) is 2. The number of aromatic carboxylic acids is 2. The van der Waals surface area contributed by atoms with Crippen molar-refractivity contribution in [2.75, 3.05) is 4.90 Å². The molecule has 0 aliphatic carbocycles. The number of ether oxygens (including phenoxy) is 1. The highest BCUT2D eigenvalue weighted by Gasteiger charge is 2.37. The number of carbonyl (C=O) groups is 5. The summed E-state index contributed by atoms with van der Waals surface area (Å²) in [5.41, 5.74) is -0.561. The molecule has 0 aromatic heterocycles. The van der Waals surface area contributed by atoms with Crippen LogP contribution in [0.4, 0.5) is 5.69 Å². The molecule has 1 aliphatic heterocycles. The molecule has 27 heavy (non-hydrogen) atoms. The summed E-state index contributed by atoms with van der Waals surface area (Å²) in [5.74, 6) is -5.18. The van der Waals surface area contributed by atoms with Gasteiger partial charge in [-0.25, -0.2) is 14.5 Å². The summed E-state index contributed by atoms with van der Waals surface area (Å²) in [5, 5.41) is 18.2. The number of carboxylic acids is 2. The van der Waals surface area contributed by atoms with Crippen molar-refractivity contribution in [1.82, 2.24) is 0 Å². The van der Waals surface area contributed by atoms with Crippen LogP contribution < -0.4 is 9.64 Å². The number of carbonyl (C=O) groups excluding carboxylic acids is 3. The first-order chi connectivity index (χ1) is 12.7. The Balaban J connectivity index is 2.08. The first-order valence-corrected chi connectivity index (χ1v) is 7.52. The van der Waals surface area contributed by atoms with Gasteiger partial charge in [-0.1, -0.05) is 0 Å². The lowest BCUT2D eigenvalue weighted by atomic mass is 10.1. The van der Waals surface area contributed by atoms with E-state index in [1.54, 1.807) is 0 Å². The van der Waals surface area contributed by atoms with Crippen LogP contribution in [0.15, 0.2) is 36.4 Å². The quantitative estimate of drug-likeness (QED) is 0.473. The van der Waals surface area contributed by atoms with E-state index in [1.165, 1.54) is 18.2 Å². The highest BCUT2D eigenvalue weighted by atomic mass is 16.5. The average molecular weight is 369 g/mol. The van der Waals surface area contributed by atoms with E-state index < -0.39 is 29.7 Å². The Bertz CT molecular complexity index is 1040. The fourth-order valence-electron chi connectivity index (χ4n) is 2.67. The van der Waals surface area contributed by atoms with Crippen LogP contribution in [0.5, 0.6) is 5.75 Å². The van der Waals surface area contributed by atoms with Crippen molar-refractivity contribution in [1.29, 1.82) is 0 Å². The zero-order valence-electron chi connectivity index (χ0n) is 13.8. The van der Waals surface area contributed by atoms with E-state index in [0.717, 1.165) is 30.0 Å². The molecule has 1 aliphatic rings. The Morgan fingerprint density at radius 1 is 0.889 bits per heavy atom. The molecule has 0 saturated heterocycles. The first kappa shape index (κ1) is 17.8. The Kier molecular flexibility index (Phi) is 4.20. The maximum atomic E-state index is 12.6. The second-order valence-electron chi connectivity index (χ2n) is 5.59. The van der Waals surface area contributed by atoms with E-state index in [9.17, 15) is 24.0 Å². The van der Waals surface area contributed by atoms with Gasteiger partial charge in [-0.3, -0.25) is 14.4 Å². The fraction of sp³-hybridized carbons (Fsp3) is 0.0556. The van der Waals surface area contributed by atoms with Crippen molar-refractivity contribution in [3.05, 3.63) is 58.7 Å². The molecule has 136 valence electrons. The number of hydrogen-bond acceptors (Lipinski definition) is 6. The second kappa shape index (κ2) is 6.37. The van der Waals surface area contributed by atoms with Crippen molar-refractivity contribution in [3.63, 3.8) is 0 Å². The molecule has 3 rings (SSSR count). The van der Waals surface area contributed by atoms with E-state index >= 15 is 0 Å². The predicted octanol–water partition coefficient (Wildman–Crippen LogP) is 1.81. The van der Waals surface area contributed by atoms with Crippen molar-refractivity contribution in [3.8, 4) is 5.75 Å². The maximum Gasteiger partial charge on any atom is 0.339 e. The molecule has 9 nitrogen and oxygen atoms in total. The van der Waals surface area contributed by atoms with E-state index in [0.29, 0.717) is 0 Å². The molecule has 0 atom stereocenters. The SMILES string of the molecule is CC(=O)Oc1cc(N2C(=O)c3ccc(C(=O)O)cc3C2=O)ccc1C(=O)O. The number of benzene rings is 2. The Morgan fingerprint density at radius 3 is 2.15 bits per heavy atom. The van der Waals surface area contributed by atoms with Crippen LogP contribution in [-0.2, 0) is 4.79 Å². The number of imide groups is 1. The summed E-state index contributed by atoms with van der Waals surface area (Å²) in [4.78, 5) is 59.5. The molecule has 1 heterocycles. The van der Waals surface area contributed by atoms with Crippen LogP contribution in [0.3, 0.4) is 0 Å². The van der Waals surface area contributed by atoms with E-state index in [-0.39, 0.29) is 33.7 Å². The molecule has 0 unspecified atom stereocenters. The predicted molar refractivity (Wildman–Crippen MR) is 89.3 cm³/mol. The zero-order chi connectivity index (χ0) is 19.9. The minimum Gasteiger partial charge on any atom is -0.478 e. The fourth-order valence-corrected chi connectivity index (χ4v) is 2.67. The van der Waals surface area contributed by atoms with Crippen molar-refractivity contribution < 1.29 is 38.9 Å². The summed E-state index contributed by atoms with van der Waals surface area (Å²) in [7, 11) is 0. The number of amides is 2. The van der Waals surface area contributed by atoms with Crippen LogP contribution in [0.2, 0.25) is 0 Å². The van der Waals surface area contributed by atoms with Gasteiger partial charge in [-0.05, 0) is 30.3 Å². The number of carboxylic acid groups (broad SMARTS) is 2. The van der Waals surface area contributed by atoms with Gasteiger partial charge in [0.1, 0.15) is 11.3 Å². The van der Waals surface area contributed by atoms with Gasteiger partial charge in [0.25, 0.3) is 11.8 Å². The van der Waals surface area contributed by atoms with E-state index in [1.807, 2.05) is 0 Å².